The fourth-order valence-corrected chi connectivity index (χ4v) is 1.74. The predicted molar refractivity (Wildman–Crippen MR) is 67.8 cm³/mol. The summed E-state index contributed by atoms with van der Waals surface area (Å²) >= 11 is 0. The Morgan fingerprint density at radius 1 is 1.37 bits per heavy atom. The molecule has 0 saturated heterocycles. The fourth-order valence-electron chi connectivity index (χ4n) is 1.74. The van der Waals surface area contributed by atoms with E-state index in [4.69, 9.17) is 10.2 Å². The van der Waals surface area contributed by atoms with Crippen molar-refractivity contribution in [2.45, 2.75) is 12.5 Å². The number of ether oxygens (including phenoxy) is 1. The van der Waals surface area contributed by atoms with Crippen molar-refractivity contribution in [3.8, 4) is 11.3 Å². The molecule has 1 aromatic carbocycles. The number of esters is 1. The predicted octanol–water partition coefficient (Wildman–Crippen LogP) is 2.13. The van der Waals surface area contributed by atoms with Gasteiger partial charge in [-0.1, -0.05) is 12.1 Å². The molecular formula is C14H14FNO3. The molecule has 0 saturated carbocycles. The van der Waals surface area contributed by atoms with Gasteiger partial charge in [-0.25, -0.2) is 4.39 Å². The van der Waals surface area contributed by atoms with Crippen LogP contribution in [0, 0.1) is 5.82 Å². The van der Waals surface area contributed by atoms with Crippen LogP contribution in [0.15, 0.2) is 40.8 Å². The Labute approximate surface area is 110 Å². The lowest BCUT2D eigenvalue weighted by molar-refractivity contribution is -0.142. The lowest BCUT2D eigenvalue weighted by Crippen LogP contribution is -2.33. The number of halogens is 1. The smallest absolute Gasteiger partial charge is 0.323 e. The first-order valence-corrected chi connectivity index (χ1v) is 5.79. The van der Waals surface area contributed by atoms with E-state index in [2.05, 4.69) is 4.74 Å². The van der Waals surface area contributed by atoms with E-state index in [9.17, 15) is 9.18 Å². The van der Waals surface area contributed by atoms with E-state index in [0.29, 0.717) is 17.1 Å². The van der Waals surface area contributed by atoms with Crippen molar-refractivity contribution in [1.29, 1.82) is 0 Å². The molecule has 2 N–H and O–H groups in total. The first-order valence-electron chi connectivity index (χ1n) is 5.79. The lowest BCUT2D eigenvalue weighted by atomic mass is 10.1. The Hall–Kier alpha value is -2.14. The van der Waals surface area contributed by atoms with Gasteiger partial charge in [0, 0.05) is 6.42 Å². The van der Waals surface area contributed by atoms with Gasteiger partial charge in [0.25, 0.3) is 0 Å². The molecule has 0 fully saturated rings. The average molecular weight is 263 g/mol. The Morgan fingerprint density at radius 2 is 2.11 bits per heavy atom. The fraction of sp³-hybridized carbons (Fsp3) is 0.214. The number of furan rings is 1. The second-order valence-corrected chi connectivity index (χ2v) is 4.08. The zero-order chi connectivity index (χ0) is 13.8. The summed E-state index contributed by atoms with van der Waals surface area (Å²) in [5, 5.41) is 0. The van der Waals surface area contributed by atoms with Gasteiger partial charge in [-0.3, -0.25) is 4.79 Å². The highest BCUT2D eigenvalue weighted by Gasteiger charge is 2.17. The normalized spacial score (nSPS) is 12.2. The van der Waals surface area contributed by atoms with Gasteiger partial charge in [0.15, 0.2) is 0 Å². The number of nitrogens with two attached hydrogens (primary N) is 1. The summed E-state index contributed by atoms with van der Waals surface area (Å²) in [4.78, 5) is 11.2. The van der Waals surface area contributed by atoms with Crippen LogP contribution in [-0.4, -0.2) is 19.1 Å². The van der Waals surface area contributed by atoms with Gasteiger partial charge in [-0.2, -0.15) is 0 Å². The van der Waals surface area contributed by atoms with Crippen molar-refractivity contribution in [3.63, 3.8) is 0 Å². The standard InChI is InChI=1S/C14H14FNO3/c1-18-14(17)12(16)8-9-6-7-13(19-9)10-4-2-3-5-11(10)15/h2-7,12H,8,16H2,1H3. The molecule has 1 aromatic heterocycles. The lowest BCUT2D eigenvalue weighted by Gasteiger charge is -2.06. The van der Waals surface area contributed by atoms with Gasteiger partial charge < -0.3 is 14.9 Å². The minimum Gasteiger partial charge on any atom is -0.468 e. The van der Waals surface area contributed by atoms with Crippen molar-refractivity contribution in [2.24, 2.45) is 5.73 Å². The highest BCUT2D eigenvalue weighted by Crippen LogP contribution is 2.25. The number of rotatable bonds is 4. The molecule has 1 unspecified atom stereocenters. The molecule has 0 spiro atoms. The van der Waals surface area contributed by atoms with Crippen molar-refractivity contribution in [2.75, 3.05) is 7.11 Å². The summed E-state index contributed by atoms with van der Waals surface area (Å²) in [5.41, 5.74) is 6.00. The number of hydrogen-bond acceptors (Lipinski definition) is 4. The van der Waals surface area contributed by atoms with Crippen molar-refractivity contribution >= 4 is 5.97 Å². The van der Waals surface area contributed by atoms with Crippen LogP contribution in [0.4, 0.5) is 4.39 Å². The van der Waals surface area contributed by atoms with Crippen LogP contribution in [0.5, 0.6) is 0 Å². The molecule has 19 heavy (non-hydrogen) atoms. The van der Waals surface area contributed by atoms with Crippen LogP contribution in [0.25, 0.3) is 11.3 Å². The molecule has 0 aliphatic heterocycles. The summed E-state index contributed by atoms with van der Waals surface area (Å²) in [6, 6.07) is 8.85. The molecule has 0 bridgehead atoms. The van der Waals surface area contributed by atoms with E-state index >= 15 is 0 Å². The summed E-state index contributed by atoms with van der Waals surface area (Å²) in [5.74, 6) is 0.0471. The Kier molecular flexibility index (Phi) is 3.97. The van der Waals surface area contributed by atoms with Gasteiger partial charge >= 0.3 is 5.97 Å². The summed E-state index contributed by atoms with van der Waals surface area (Å²) in [7, 11) is 1.27. The number of benzene rings is 1. The molecular weight excluding hydrogens is 249 g/mol. The monoisotopic (exact) mass is 263 g/mol. The molecule has 1 heterocycles. The first kappa shape index (κ1) is 13.3. The molecule has 5 heteroatoms. The first-order chi connectivity index (χ1) is 9.11. The molecule has 0 amide bonds. The minimum atomic E-state index is -0.787. The molecule has 2 rings (SSSR count). The molecule has 0 aliphatic rings. The van der Waals surface area contributed by atoms with Gasteiger partial charge in [-0.15, -0.1) is 0 Å². The van der Waals surface area contributed by atoms with Crippen LogP contribution in [0.1, 0.15) is 5.76 Å². The van der Waals surface area contributed by atoms with Crippen LogP contribution >= 0.6 is 0 Å². The number of hydrogen-bond donors (Lipinski definition) is 1. The second kappa shape index (κ2) is 5.67. The van der Waals surface area contributed by atoms with Crippen LogP contribution < -0.4 is 5.73 Å². The topological polar surface area (TPSA) is 65.5 Å². The van der Waals surface area contributed by atoms with Gasteiger partial charge in [-0.05, 0) is 24.3 Å². The van der Waals surface area contributed by atoms with E-state index < -0.39 is 12.0 Å². The maximum absolute atomic E-state index is 13.6. The largest absolute Gasteiger partial charge is 0.468 e. The maximum Gasteiger partial charge on any atom is 0.323 e. The Morgan fingerprint density at radius 3 is 2.79 bits per heavy atom. The van der Waals surface area contributed by atoms with Crippen molar-refractivity contribution in [3.05, 3.63) is 48.0 Å². The van der Waals surface area contributed by atoms with Gasteiger partial charge in [0.2, 0.25) is 0 Å². The van der Waals surface area contributed by atoms with Crippen molar-refractivity contribution < 1.29 is 18.3 Å². The molecule has 0 radical (unpaired) electrons. The van der Waals surface area contributed by atoms with Crippen LogP contribution in [-0.2, 0) is 16.0 Å². The maximum atomic E-state index is 13.6. The molecule has 4 nitrogen and oxygen atoms in total. The average Bonchev–Trinajstić information content (AvgIpc) is 2.86. The molecule has 0 aliphatic carbocycles. The summed E-state index contributed by atoms with van der Waals surface area (Å²) < 4.78 is 23.6. The van der Waals surface area contributed by atoms with Gasteiger partial charge in [0.05, 0.1) is 12.7 Å². The highest BCUT2D eigenvalue weighted by molar-refractivity contribution is 5.75. The zero-order valence-electron chi connectivity index (χ0n) is 10.4. The van der Waals surface area contributed by atoms with E-state index in [-0.39, 0.29) is 12.2 Å². The third kappa shape index (κ3) is 3.00. The molecule has 1 atom stereocenters. The highest BCUT2D eigenvalue weighted by atomic mass is 19.1. The summed E-state index contributed by atoms with van der Waals surface area (Å²) in [6.45, 7) is 0. The van der Waals surface area contributed by atoms with Crippen LogP contribution in [0.3, 0.4) is 0 Å². The quantitative estimate of drug-likeness (QED) is 0.858. The minimum absolute atomic E-state index is 0.209. The number of carbonyl (C=O) groups excluding carboxylic acids is 1. The van der Waals surface area contributed by atoms with Crippen molar-refractivity contribution in [1.82, 2.24) is 0 Å². The van der Waals surface area contributed by atoms with Crippen LogP contribution in [0.2, 0.25) is 0 Å². The third-order valence-corrected chi connectivity index (χ3v) is 2.73. The van der Waals surface area contributed by atoms with E-state index in [0.717, 1.165) is 0 Å². The number of methoxy groups -OCH3 is 1. The van der Waals surface area contributed by atoms with E-state index in [1.807, 2.05) is 0 Å². The SMILES string of the molecule is COC(=O)C(N)Cc1ccc(-c2ccccc2F)o1. The zero-order valence-corrected chi connectivity index (χ0v) is 10.4. The third-order valence-electron chi connectivity index (χ3n) is 2.73. The molecule has 2 aromatic rings. The van der Waals surface area contributed by atoms with Gasteiger partial charge in [0.1, 0.15) is 23.4 Å². The Balaban J connectivity index is 2.16. The number of carbonyl (C=O) groups is 1. The van der Waals surface area contributed by atoms with E-state index in [1.165, 1.54) is 13.2 Å². The van der Waals surface area contributed by atoms with E-state index in [1.54, 1.807) is 30.3 Å². The summed E-state index contributed by atoms with van der Waals surface area (Å²) in [6.07, 6.45) is 0.209. The molecule has 100 valence electrons. The Bertz CT molecular complexity index is 580. The second-order valence-electron chi connectivity index (χ2n) is 4.08.